The summed E-state index contributed by atoms with van der Waals surface area (Å²) in [5.74, 6) is 1.25. The van der Waals surface area contributed by atoms with Crippen molar-refractivity contribution in [2.75, 3.05) is 25.1 Å². The summed E-state index contributed by atoms with van der Waals surface area (Å²) in [5, 5.41) is 3.12. The Labute approximate surface area is 163 Å². The van der Waals surface area contributed by atoms with Gasteiger partial charge in [-0.15, -0.1) is 24.8 Å². The Bertz CT molecular complexity index is 529. The highest BCUT2D eigenvalue weighted by Crippen LogP contribution is 2.24. The summed E-state index contributed by atoms with van der Waals surface area (Å²) in [6, 6.07) is 7.79. The van der Waals surface area contributed by atoms with E-state index in [-0.39, 0.29) is 36.8 Å². The second-order valence-electron chi connectivity index (χ2n) is 6.73. The molecule has 0 radical (unpaired) electrons. The summed E-state index contributed by atoms with van der Waals surface area (Å²) in [6.45, 7) is 5.97. The van der Waals surface area contributed by atoms with Crippen molar-refractivity contribution >= 4 is 36.4 Å². The maximum atomic E-state index is 12.2. The fraction of sp³-hybridized carbons (Fsp3) is 0.611. The van der Waals surface area contributed by atoms with E-state index in [1.165, 1.54) is 0 Å². The number of carbonyl (C=O) groups excluding carboxylic acids is 1. The molecule has 25 heavy (non-hydrogen) atoms. The van der Waals surface area contributed by atoms with Gasteiger partial charge in [-0.1, -0.05) is 19.9 Å². The Morgan fingerprint density at radius 3 is 2.76 bits per heavy atom. The molecule has 1 heterocycles. The van der Waals surface area contributed by atoms with Gasteiger partial charge in [0.25, 0.3) is 0 Å². The monoisotopic (exact) mass is 391 g/mol. The minimum absolute atomic E-state index is 0. The molecule has 1 aromatic carbocycles. The number of piperidine rings is 1. The van der Waals surface area contributed by atoms with Crippen molar-refractivity contribution in [2.45, 2.75) is 45.2 Å². The third-order valence-electron chi connectivity index (χ3n) is 4.25. The van der Waals surface area contributed by atoms with Crippen LogP contribution in [0.5, 0.6) is 5.75 Å². The number of nitrogens with two attached hydrogens (primary N) is 1. The van der Waals surface area contributed by atoms with E-state index < -0.39 is 6.04 Å². The summed E-state index contributed by atoms with van der Waals surface area (Å²) in [5.41, 5.74) is 7.11. The molecule has 5 nitrogen and oxygen atoms in total. The van der Waals surface area contributed by atoms with E-state index in [1.807, 2.05) is 18.2 Å². The highest BCUT2D eigenvalue weighted by molar-refractivity contribution is 5.85. The van der Waals surface area contributed by atoms with E-state index in [4.69, 9.17) is 10.5 Å². The van der Waals surface area contributed by atoms with E-state index in [0.717, 1.165) is 43.8 Å². The number of amides is 1. The molecule has 3 N–H and O–H groups in total. The zero-order valence-electron chi connectivity index (χ0n) is 15.2. The van der Waals surface area contributed by atoms with Crippen molar-refractivity contribution in [2.24, 2.45) is 11.7 Å². The molecule has 1 saturated heterocycles. The first-order valence-electron chi connectivity index (χ1n) is 8.44. The molecule has 0 spiro atoms. The van der Waals surface area contributed by atoms with Crippen LogP contribution in [0.3, 0.4) is 0 Å². The van der Waals surface area contributed by atoms with E-state index in [1.54, 1.807) is 7.11 Å². The van der Waals surface area contributed by atoms with Gasteiger partial charge in [0, 0.05) is 30.9 Å². The molecule has 0 saturated carbocycles. The van der Waals surface area contributed by atoms with Crippen molar-refractivity contribution in [3.63, 3.8) is 0 Å². The standard InChI is InChI=1S/C18H29N3O2.2ClH/c1-13(2)10-17(19)18(22)20-14-6-5-9-21(12-14)15-7-4-8-16(11-15)23-3;;/h4,7-8,11,13-14,17H,5-6,9-10,12,19H2,1-3H3,(H,20,22);2*1H/t14?,17-;;/m0../s1. The minimum Gasteiger partial charge on any atom is -0.497 e. The van der Waals surface area contributed by atoms with Gasteiger partial charge in [0.2, 0.25) is 5.91 Å². The Hall–Kier alpha value is -1.17. The fourth-order valence-electron chi connectivity index (χ4n) is 3.06. The van der Waals surface area contributed by atoms with Crippen molar-refractivity contribution in [3.05, 3.63) is 24.3 Å². The lowest BCUT2D eigenvalue weighted by Gasteiger charge is -2.35. The number of anilines is 1. The number of ether oxygens (including phenoxy) is 1. The first-order chi connectivity index (χ1) is 11.0. The zero-order chi connectivity index (χ0) is 16.8. The molecule has 1 aliphatic heterocycles. The molecule has 0 aromatic heterocycles. The first-order valence-corrected chi connectivity index (χ1v) is 8.44. The Morgan fingerprint density at radius 1 is 1.40 bits per heavy atom. The Balaban J connectivity index is 0.00000288. The van der Waals surface area contributed by atoms with Crippen LogP contribution in [-0.4, -0.2) is 38.2 Å². The second kappa shape index (κ2) is 11.4. The van der Waals surface area contributed by atoms with Crippen LogP contribution in [0.25, 0.3) is 0 Å². The average molecular weight is 392 g/mol. The van der Waals surface area contributed by atoms with Crippen LogP contribution in [0.15, 0.2) is 24.3 Å². The van der Waals surface area contributed by atoms with Crippen LogP contribution < -0.4 is 20.7 Å². The SMILES string of the molecule is COc1cccc(N2CCCC(NC(=O)[C@@H](N)CC(C)C)C2)c1.Cl.Cl. The number of rotatable bonds is 6. The molecule has 144 valence electrons. The number of hydrogen-bond donors (Lipinski definition) is 2. The number of nitrogens with zero attached hydrogens (tertiary/aromatic N) is 1. The molecule has 1 amide bonds. The van der Waals surface area contributed by atoms with Gasteiger partial charge in [-0.2, -0.15) is 0 Å². The minimum atomic E-state index is -0.415. The van der Waals surface area contributed by atoms with Crippen molar-refractivity contribution in [1.82, 2.24) is 5.32 Å². The molecule has 1 aliphatic rings. The van der Waals surface area contributed by atoms with Crippen LogP contribution in [-0.2, 0) is 4.79 Å². The molecule has 7 heteroatoms. The largest absolute Gasteiger partial charge is 0.497 e. The van der Waals surface area contributed by atoms with Gasteiger partial charge in [0.1, 0.15) is 5.75 Å². The Kier molecular flexibility index (Phi) is 10.9. The molecule has 1 unspecified atom stereocenters. The van der Waals surface area contributed by atoms with Crippen molar-refractivity contribution < 1.29 is 9.53 Å². The van der Waals surface area contributed by atoms with Crippen LogP contribution in [0, 0.1) is 5.92 Å². The summed E-state index contributed by atoms with van der Waals surface area (Å²) < 4.78 is 5.29. The third kappa shape index (κ3) is 7.30. The van der Waals surface area contributed by atoms with Gasteiger partial charge in [0.15, 0.2) is 0 Å². The van der Waals surface area contributed by atoms with Gasteiger partial charge in [-0.3, -0.25) is 4.79 Å². The number of hydrogen-bond acceptors (Lipinski definition) is 4. The van der Waals surface area contributed by atoms with Crippen molar-refractivity contribution in [1.29, 1.82) is 0 Å². The summed E-state index contributed by atoms with van der Waals surface area (Å²) in [4.78, 5) is 14.5. The molecule has 1 aromatic rings. The normalized spacial score (nSPS) is 18.0. The molecule has 2 atom stereocenters. The van der Waals surface area contributed by atoms with Crippen LogP contribution in [0.1, 0.15) is 33.1 Å². The van der Waals surface area contributed by atoms with Crippen LogP contribution >= 0.6 is 24.8 Å². The van der Waals surface area contributed by atoms with Gasteiger partial charge in [0.05, 0.1) is 13.2 Å². The van der Waals surface area contributed by atoms with E-state index >= 15 is 0 Å². The fourth-order valence-corrected chi connectivity index (χ4v) is 3.06. The maximum absolute atomic E-state index is 12.2. The van der Waals surface area contributed by atoms with Gasteiger partial charge >= 0.3 is 0 Å². The smallest absolute Gasteiger partial charge is 0.237 e. The van der Waals surface area contributed by atoms with Crippen LogP contribution in [0.2, 0.25) is 0 Å². The van der Waals surface area contributed by atoms with E-state index in [2.05, 4.69) is 30.1 Å². The molecular weight excluding hydrogens is 361 g/mol. The van der Waals surface area contributed by atoms with Crippen molar-refractivity contribution in [3.8, 4) is 5.75 Å². The number of carbonyl (C=O) groups is 1. The number of halogens is 2. The van der Waals surface area contributed by atoms with Gasteiger partial charge < -0.3 is 20.7 Å². The average Bonchev–Trinajstić information content (AvgIpc) is 2.54. The molecule has 2 rings (SSSR count). The second-order valence-corrected chi connectivity index (χ2v) is 6.73. The predicted molar refractivity (Wildman–Crippen MR) is 108 cm³/mol. The quantitative estimate of drug-likeness (QED) is 0.781. The number of nitrogens with one attached hydrogen (secondary N) is 1. The number of methoxy groups -OCH3 is 1. The molecule has 0 aliphatic carbocycles. The first kappa shape index (κ1) is 23.8. The van der Waals surface area contributed by atoms with Gasteiger partial charge in [-0.25, -0.2) is 0 Å². The lowest BCUT2D eigenvalue weighted by molar-refractivity contribution is -0.123. The number of benzene rings is 1. The topological polar surface area (TPSA) is 67.6 Å². The highest BCUT2D eigenvalue weighted by atomic mass is 35.5. The lowest BCUT2D eigenvalue weighted by atomic mass is 10.0. The lowest BCUT2D eigenvalue weighted by Crippen LogP contribution is -2.52. The van der Waals surface area contributed by atoms with Gasteiger partial charge in [-0.05, 0) is 37.3 Å². The summed E-state index contributed by atoms with van der Waals surface area (Å²) in [7, 11) is 1.68. The summed E-state index contributed by atoms with van der Waals surface area (Å²) in [6.07, 6.45) is 2.78. The maximum Gasteiger partial charge on any atom is 0.237 e. The third-order valence-corrected chi connectivity index (χ3v) is 4.25. The van der Waals surface area contributed by atoms with Crippen LogP contribution in [0.4, 0.5) is 5.69 Å². The van der Waals surface area contributed by atoms with E-state index in [0.29, 0.717) is 5.92 Å². The summed E-state index contributed by atoms with van der Waals surface area (Å²) >= 11 is 0. The Morgan fingerprint density at radius 2 is 2.12 bits per heavy atom. The predicted octanol–water partition coefficient (Wildman–Crippen LogP) is 3.00. The highest BCUT2D eigenvalue weighted by Gasteiger charge is 2.24. The van der Waals surface area contributed by atoms with E-state index in [9.17, 15) is 4.79 Å². The molecule has 1 fully saturated rings. The molecule has 0 bridgehead atoms. The zero-order valence-corrected chi connectivity index (χ0v) is 16.9. The molecular formula is C18H31Cl2N3O2.